The summed E-state index contributed by atoms with van der Waals surface area (Å²) < 4.78 is 11.2. The Labute approximate surface area is 117 Å². The first-order valence-electron chi connectivity index (χ1n) is 6.88. The molecule has 0 saturated heterocycles. The molecule has 0 atom stereocenters. The summed E-state index contributed by atoms with van der Waals surface area (Å²) in [6.07, 6.45) is 5.59. The number of unbranched alkanes of at least 4 members (excludes halogenated alkanes) is 1. The first kappa shape index (κ1) is 16.2. The highest BCUT2D eigenvalue weighted by Gasteiger charge is 2.36. The van der Waals surface area contributed by atoms with E-state index in [0.717, 1.165) is 19.4 Å². The first-order valence-corrected chi connectivity index (χ1v) is 9.79. The maximum atomic E-state index is 11.2. The summed E-state index contributed by atoms with van der Waals surface area (Å²) in [5.41, 5.74) is 0.670. The molecule has 0 unspecified atom stereocenters. The van der Waals surface area contributed by atoms with Crippen LogP contribution in [0.3, 0.4) is 0 Å². The van der Waals surface area contributed by atoms with E-state index in [-0.39, 0.29) is 11.0 Å². The maximum Gasteiger partial charge on any atom is 0.339 e. The minimum atomic E-state index is -1.63. The van der Waals surface area contributed by atoms with Gasteiger partial charge in [0, 0.05) is 12.2 Å². The van der Waals surface area contributed by atoms with Crippen LogP contribution in [0.2, 0.25) is 18.1 Å². The molecule has 0 spiro atoms. The van der Waals surface area contributed by atoms with Gasteiger partial charge in [-0.2, -0.15) is 0 Å². The van der Waals surface area contributed by atoms with Crippen molar-refractivity contribution in [2.75, 3.05) is 6.61 Å². The third kappa shape index (κ3) is 4.62. The zero-order chi connectivity index (χ0) is 14.7. The molecule has 0 radical (unpaired) electrons. The van der Waals surface area contributed by atoms with Crippen LogP contribution in [-0.4, -0.2) is 20.9 Å². The summed E-state index contributed by atoms with van der Waals surface area (Å²) >= 11 is 0. The van der Waals surface area contributed by atoms with E-state index in [0.29, 0.717) is 11.3 Å². The quantitative estimate of drug-likeness (QED) is 0.431. The van der Waals surface area contributed by atoms with E-state index in [1.807, 2.05) is 6.08 Å². The Morgan fingerprint density at radius 1 is 1.37 bits per heavy atom. The lowest BCUT2D eigenvalue weighted by molar-refractivity contribution is -0.133. The van der Waals surface area contributed by atoms with Crippen molar-refractivity contribution in [2.45, 2.75) is 58.7 Å². The van der Waals surface area contributed by atoms with Gasteiger partial charge in [-0.1, -0.05) is 20.8 Å². The van der Waals surface area contributed by atoms with E-state index < -0.39 is 8.32 Å². The summed E-state index contributed by atoms with van der Waals surface area (Å²) in [5.74, 6) is 0.443. The van der Waals surface area contributed by atoms with Crippen LogP contribution >= 0.6 is 0 Å². The molecule has 0 fully saturated rings. The standard InChI is InChI=1S/C15H26O3Si/c1-12-11-13(18-14(12)16)9-7-8-10-17-19(5,6)15(2,3)4/h9,11H,7-8,10H2,1-6H3/b13-9-. The van der Waals surface area contributed by atoms with Crippen molar-refractivity contribution in [3.8, 4) is 0 Å². The van der Waals surface area contributed by atoms with Gasteiger partial charge in [-0.3, -0.25) is 0 Å². The molecule has 4 heteroatoms. The van der Waals surface area contributed by atoms with Crippen molar-refractivity contribution in [3.63, 3.8) is 0 Å². The number of cyclic esters (lactones) is 1. The van der Waals surface area contributed by atoms with Crippen molar-refractivity contribution >= 4 is 14.3 Å². The number of allylic oxidation sites excluding steroid dienone is 2. The SMILES string of the molecule is CC1=C/C(=C/CCCO[Si](C)(C)C(C)(C)C)OC1=O. The summed E-state index contributed by atoms with van der Waals surface area (Å²) in [7, 11) is -1.63. The zero-order valence-corrected chi connectivity index (χ0v) is 14.0. The van der Waals surface area contributed by atoms with Gasteiger partial charge in [0.2, 0.25) is 0 Å². The fraction of sp³-hybridized carbons (Fsp3) is 0.667. The van der Waals surface area contributed by atoms with Crippen LogP contribution in [0.4, 0.5) is 0 Å². The lowest BCUT2D eigenvalue weighted by Crippen LogP contribution is -2.40. The van der Waals surface area contributed by atoms with Crippen LogP contribution in [0.15, 0.2) is 23.5 Å². The molecule has 0 N–H and O–H groups in total. The summed E-state index contributed by atoms with van der Waals surface area (Å²) in [6.45, 7) is 13.8. The normalized spacial score (nSPS) is 18.7. The number of esters is 1. The zero-order valence-electron chi connectivity index (χ0n) is 13.0. The molecule has 0 aromatic carbocycles. The van der Waals surface area contributed by atoms with Crippen LogP contribution in [0, 0.1) is 0 Å². The minimum Gasteiger partial charge on any atom is -0.424 e. The Kier molecular flexibility index (Phi) is 5.16. The molecule has 0 aromatic heterocycles. The third-order valence-electron chi connectivity index (χ3n) is 3.85. The van der Waals surface area contributed by atoms with Gasteiger partial charge >= 0.3 is 5.97 Å². The number of carbonyl (C=O) groups is 1. The second kappa shape index (κ2) is 6.05. The molecule has 3 nitrogen and oxygen atoms in total. The molecule has 0 saturated carbocycles. The Morgan fingerprint density at radius 3 is 2.47 bits per heavy atom. The van der Waals surface area contributed by atoms with Gasteiger partial charge in [0.05, 0.1) is 0 Å². The van der Waals surface area contributed by atoms with Gasteiger partial charge in [0.1, 0.15) is 5.76 Å². The van der Waals surface area contributed by atoms with Gasteiger partial charge in [-0.25, -0.2) is 4.79 Å². The molecular weight excluding hydrogens is 256 g/mol. The van der Waals surface area contributed by atoms with Crippen LogP contribution in [0.25, 0.3) is 0 Å². The lowest BCUT2D eigenvalue weighted by atomic mass is 10.2. The fourth-order valence-corrected chi connectivity index (χ4v) is 2.55. The largest absolute Gasteiger partial charge is 0.424 e. The number of ether oxygens (including phenoxy) is 1. The van der Waals surface area contributed by atoms with Gasteiger partial charge in [-0.05, 0) is 50.0 Å². The van der Waals surface area contributed by atoms with Gasteiger partial charge in [0.25, 0.3) is 0 Å². The smallest absolute Gasteiger partial charge is 0.339 e. The van der Waals surface area contributed by atoms with Gasteiger partial charge in [-0.15, -0.1) is 0 Å². The molecule has 1 aliphatic rings. The number of hydrogen-bond donors (Lipinski definition) is 0. The van der Waals surface area contributed by atoms with Crippen LogP contribution in [0.5, 0.6) is 0 Å². The van der Waals surface area contributed by atoms with Crippen molar-refractivity contribution in [1.29, 1.82) is 0 Å². The summed E-state index contributed by atoms with van der Waals surface area (Å²) in [4.78, 5) is 11.2. The molecular formula is C15H26O3Si. The number of hydrogen-bond acceptors (Lipinski definition) is 3. The van der Waals surface area contributed by atoms with Crippen molar-refractivity contribution in [3.05, 3.63) is 23.5 Å². The molecule has 1 heterocycles. The Morgan fingerprint density at radius 2 is 2.00 bits per heavy atom. The summed E-state index contributed by atoms with van der Waals surface area (Å²) in [6, 6.07) is 0. The first-order chi connectivity index (χ1) is 8.63. The average Bonchev–Trinajstić information content (AvgIpc) is 2.56. The summed E-state index contributed by atoms with van der Waals surface area (Å²) in [5, 5.41) is 0.256. The van der Waals surface area contributed by atoms with E-state index >= 15 is 0 Å². The topological polar surface area (TPSA) is 35.5 Å². The maximum absolute atomic E-state index is 11.2. The molecule has 1 rings (SSSR count). The Hall–Kier alpha value is -0.873. The molecule has 108 valence electrons. The van der Waals surface area contributed by atoms with Crippen LogP contribution in [-0.2, 0) is 14.0 Å². The molecule has 0 bridgehead atoms. The molecule has 19 heavy (non-hydrogen) atoms. The second-order valence-corrected chi connectivity index (χ2v) is 11.4. The predicted molar refractivity (Wildman–Crippen MR) is 80.3 cm³/mol. The Balaban J connectivity index is 2.30. The van der Waals surface area contributed by atoms with E-state index in [2.05, 4.69) is 33.9 Å². The molecule has 0 aromatic rings. The molecule has 1 aliphatic heterocycles. The number of carbonyl (C=O) groups excluding carboxylic acids is 1. The highest BCUT2D eigenvalue weighted by molar-refractivity contribution is 6.74. The van der Waals surface area contributed by atoms with E-state index in [9.17, 15) is 4.79 Å². The lowest BCUT2D eigenvalue weighted by Gasteiger charge is -2.36. The van der Waals surface area contributed by atoms with Crippen molar-refractivity contribution in [1.82, 2.24) is 0 Å². The Bertz CT molecular complexity index is 400. The second-order valence-electron chi connectivity index (χ2n) is 6.57. The predicted octanol–water partition coefficient (Wildman–Crippen LogP) is 4.18. The third-order valence-corrected chi connectivity index (χ3v) is 8.39. The van der Waals surface area contributed by atoms with Crippen molar-refractivity contribution < 1.29 is 14.0 Å². The molecule has 0 aliphatic carbocycles. The number of rotatable bonds is 5. The van der Waals surface area contributed by atoms with Crippen LogP contribution < -0.4 is 0 Å². The molecule has 0 amide bonds. The van der Waals surface area contributed by atoms with Crippen molar-refractivity contribution in [2.24, 2.45) is 0 Å². The highest BCUT2D eigenvalue weighted by atomic mass is 28.4. The van der Waals surface area contributed by atoms with Gasteiger partial charge < -0.3 is 9.16 Å². The average molecular weight is 282 g/mol. The minimum absolute atomic E-state index is 0.233. The highest BCUT2D eigenvalue weighted by Crippen LogP contribution is 2.36. The van der Waals surface area contributed by atoms with E-state index in [1.54, 1.807) is 13.0 Å². The fourth-order valence-electron chi connectivity index (χ4n) is 1.46. The monoisotopic (exact) mass is 282 g/mol. The van der Waals surface area contributed by atoms with E-state index in [1.165, 1.54) is 0 Å². The van der Waals surface area contributed by atoms with Crippen LogP contribution in [0.1, 0.15) is 40.5 Å². The van der Waals surface area contributed by atoms with Gasteiger partial charge in [0.15, 0.2) is 8.32 Å². The van der Waals surface area contributed by atoms with E-state index in [4.69, 9.17) is 9.16 Å².